The van der Waals surface area contributed by atoms with E-state index in [1.54, 1.807) is 0 Å². The van der Waals surface area contributed by atoms with Crippen LogP contribution in [0, 0.1) is 13.8 Å². The molecule has 0 fully saturated rings. The molecule has 1 unspecified atom stereocenters. The minimum atomic E-state index is -0.199. The van der Waals surface area contributed by atoms with Crippen LogP contribution in [0.1, 0.15) is 18.2 Å². The minimum Gasteiger partial charge on any atom is -0.338 e. The Morgan fingerprint density at radius 1 is 1.47 bits per heavy atom. The molecule has 0 aliphatic rings. The summed E-state index contributed by atoms with van der Waals surface area (Å²) in [6, 6.07) is -0.199. The molecule has 1 N–H and O–H groups in total. The van der Waals surface area contributed by atoms with E-state index in [-0.39, 0.29) is 11.9 Å². The fourth-order valence-corrected chi connectivity index (χ4v) is 0.983. The zero-order chi connectivity index (χ0) is 11.6. The molecule has 15 heavy (non-hydrogen) atoms. The summed E-state index contributed by atoms with van der Waals surface area (Å²) in [5, 5.41) is 6.47. The number of nitrogens with zero attached hydrogens (tertiary/aromatic N) is 2. The van der Waals surface area contributed by atoms with Gasteiger partial charge in [0.1, 0.15) is 0 Å². The molecule has 1 heterocycles. The Morgan fingerprint density at radius 2 is 2.07 bits per heavy atom. The Labute approximate surface area is 89.4 Å². The summed E-state index contributed by atoms with van der Waals surface area (Å²) in [5.74, 6) is 0.338. The van der Waals surface area contributed by atoms with Crippen molar-refractivity contribution in [3.63, 3.8) is 0 Å². The fraction of sp³-hybridized carbons (Fsp3) is 0.600. The number of carbonyl (C=O) groups is 1. The number of hydrogen-bond acceptors (Lipinski definition) is 4. The van der Waals surface area contributed by atoms with E-state index in [0.717, 1.165) is 11.3 Å². The van der Waals surface area contributed by atoms with Crippen molar-refractivity contribution in [2.24, 2.45) is 0 Å². The molecule has 1 aromatic heterocycles. The summed E-state index contributed by atoms with van der Waals surface area (Å²) in [7, 11) is 3.70. The molecule has 0 aliphatic carbocycles. The Bertz CT molecular complexity index is 358. The third-order valence-corrected chi connectivity index (χ3v) is 2.55. The van der Waals surface area contributed by atoms with Gasteiger partial charge in [-0.3, -0.25) is 15.0 Å². The quantitative estimate of drug-likeness (QED) is 0.815. The van der Waals surface area contributed by atoms with E-state index in [1.165, 1.54) is 0 Å². The lowest BCUT2D eigenvalue weighted by Gasteiger charge is -2.17. The predicted molar refractivity (Wildman–Crippen MR) is 57.8 cm³/mol. The average molecular weight is 211 g/mol. The van der Waals surface area contributed by atoms with Gasteiger partial charge >= 0.3 is 0 Å². The Kier molecular flexibility index (Phi) is 3.47. The maximum Gasteiger partial charge on any atom is 0.243 e. The molecule has 0 saturated heterocycles. The van der Waals surface area contributed by atoms with Crippen molar-refractivity contribution in [1.29, 1.82) is 0 Å². The third kappa shape index (κ3) is 2.56. The second-order valence-electron chi connectivity index (χ2n) is 3.85. The lowest BCUT2D eigenvalue weighted by molar-refractivity contribution is -0.120. The van der Waals surface area contributed by atoms with Crippen LogP contribution in [0.15, 0.2) is 4.52 Å². The molecular weight excluding hydrogens is 194 g/mol. The van der Waals surface area contributed by atoms with Gasteiger partial charge < -0.3 is 4.52 Å². The van der Waals surface area contributed by atoms with Gasteiger partial charge in [-0.2, -0.15) is 0 Å². The first-order chi connectivity index (χ1) is 6.93. The lowest BCUT2D eigenvalue weighted by Crippen LogP contribution is -2.37. The Hall–Kier alpha value is -1.36. The maximum atomic E-state index is 11.7. The molecule has 0 bridgehead atoms. The van der Waals surface area contributed by atoms with Gasteiger partial charge in [0.15, 0.2) is 0 Å². The summed E-state index contributed by atoms with van der Waals surface area (Å²) in [4.78, 5) is 13.5. The molecule has 1 atom stereocenters. The van der Waals surface area contributed by atoms with Crippen LogP contribution in [-0.2, 0) is 4.79 Å². The average Bonchev–Trinajstić information content (AvgIpc) is 2.48. The van der Waals surface area contributed by atoms with Gasteiger partial charge in [-0.25, -0.2) is 0 Å². The number of hydrogen-bond donors (Lipinski definition) is 1. The maximum absolute atomic E-state index is 11.7. The predicted octanol–water partition coefficient (Wildman–Crippen LogP) is 1.18. The van der Waals surface area contributed by atoms with Gasteiger partial charge in [0.25, 0.3) is 0 Å². The van der Waals surface area contributed by atoms with Crippen molar-refractivity contribution in [1.82, 2.24) is 10.1 Å². The molecule has 0 aliphatic heterocycles. The highest BCUT2D eigenvalue weighted by Gasteiger charge is 2.18. The molecular formula is C10H17N3O2. The van der Waals surface area contributed by atoms with E-state index in [2.05, 4.69) is 10.5 Å². The summed E-state index contributed by atoms with van der Waals surface area (Å²) >= 11 is 0. The monoisotopic (exact) mass is 211 g/mol. The van der Waals surface area contributed by atoms with Crippen LogP contribution < -0.4 is 5.32 Å². The smallest absolute Gasteiger partial charge is 0.243 e. The molecule has 1 aromatic rings. The van der Waals surface area contributed by atoms with Crippen LogP contribution in [0.5, 0.6) is 0 Å². The van der Waals surface area contributed by atoms with Gasteiger partial charge in [-0.05, 0) is 34.9 Å². The number of aryl methyl sites for hydroxylation is 1. The topological polar surface area (TPSA) is 58.4 Å². The third-order valence-electron chi connectivity index (χ3n) is 2.55. The molecule has 1 amide bonds. The summed E-state index contributed by atoms with van der Waals surface area (Å²) in [6.45, 7) is 5.53. The number of rotatable bonds is 3. The largest absolute Gasteiger partial charge is 0.338 e. The number of amides is 1. The molecule has 84 valence electrons. The van der Waals surface area contributed by atoms with Gasteiger partial charge in [0.05, 0.1) is 11.7 Å². The van der Waals surface area contributed by atoms with Crippen LogP contribution in [0.25, 0.3) is 0 Å². The minimum absolute atomic E-state index is 0.0979. The first-order valence-electron chi connectivity index (χ1n) is 4.83. The van der Waals surface area contributed by atoms with Gasteiger partial charge in [0, 0.05) is 5.56 Å². The molecule has 5 heteroatoms. The first kappa shape index (κ1) is 11.7. The van der Waals surface area contributed by atoms with E-state index >= 15 is 0 Å². The van der Waals surface area contributed by atoms with Gasteiger partial charge in [-0.15, -0.1) is 0 Å². The number of carbonyl (C=O) groups excluding carboxylic acids is 1. The molecule has 1 rings (SSSR count). The van der Waals surface area contributed by atoms with Crippen LogP contribution in [0.3, 0.4) is 0 Å². The van der Waals surface area contributed by atoms with Crippen molar-refractivity contribution in [2.75, 3.05) is 19.4 Å². The SMILES string of the molecule is Cc1noc(NC(=O)C(C)N(C)C)c1C. The molecule has 5 nitrogen and oxygen atoms in total. The highest BCUT2D eigenvalue weighted by atomic mass is 16.5. The molecule has 0 spiro atoms. The zero-order valence-electron chi connectivity index (χ0n) is 9.79. The summed E-state index contributed by atoms with van der Waals surface area (Å²) in [6.07, 6.45) is 0. The molecule has 0 aromatic carbocycles. The summed E-state index contributed by atoms with van der Waals surface area (Å²) in [5.41, 5.74) is 1.66. The van der Waals surface area contributed by atoms with Crippen molar-refractivity contribution < 1.29 is 9.32 Å². The van der Waals surface area contributed by atoms with E-state index in [9.17, 15) is 4.79 Å². The Morgan fingerprint density at radius 3 is 2.47 bits per heavy atom. The number of aromatic nitrogens is 1. The first-order valence-corrected chi connectivity index (χ1v) is 4.83. The second kappa shape index (κ2) is 4.44. The summed E-state index contributed by atoms with van der Waals surface area (Å²) < 4.78 is 5.00. The van der Waals surface area contributed by atoms with Gasteiger partial charge in [0.2, 0.25) is 11.8 Å². The fourth-order valence-electron chi connectivity index (χ4n) is 0.983. The van der Waals surface area contributed by atoms with Crippen LogP contribution >= 0.6 is 0 Å². The highest BCUT2D eigenvalue weighted by molar-refractivity contribution is 5.93. The van der Waals surface area contributed by atoms with Crippen molar-refractivity contribution >= 4 is 11.8 Å². The van der Waals surface area contributed by atoms with Crippen molar-refractivity contribution in [3.8, 4) is 0 Å². The van der Waals surface area contributed by atoms with Crippen LogP contribution in [-0.4, -0.2) is 36.1 Å². The molecule has 0 saturated carbocycles. The number of likely N-dealkylation sites (N-methyl/N-ethyl adjacent to an activating group) is 1. The van der Waals surface area contributed by atoms with Crippen molar-refractivity contribution in [2.45, 2.75) is 26.8 Å². The Balaban J connectivity index is 2.71. The van der Waals surface area contributed by atoms with Crippen LogP contribution in [0.2, 0.25) is 0 Å². The number of anilines is 1. The normalized spacial score (nSPS) is 12.9. The van der Waals surface area contributed by atoms with E-state index in [1.807, 2.05) is 39.8 Å². The highest BCUT2D eigenvalue weighted by Crippen LogP contribution is 2.17. The van der Waals surface area contributed by atoms with E-state index in [0.29, 0.717) is 5.88 Å². The van der Waals surface area contributed by atoms with E-state index in [4.69, 9.17) is 4.52 Å². The van der Waals surface area contributed by atoms with Crippen LogP contribution in [0.4, 0.5) is 5.88 Å². The second-order valence-corrected chi connectivity index (χ2v) is 3.85. The molecule has 0 radical (unpaired) electrons. The standard InChI is InChI=1S/C10H17N3O2/c1-6-7(2)12-15-10(6)11-9(14)8(3)13(4)5/h8H,1-5H3,(H,11,14). The van der Waals surface area contributed by atoms with E-state index < -0.39 is 0 Å². The van der Waals surface area contributed by atoms with Crippen molar-refractivity contribution in [3.05, 3.63) is 11.3 Å². The number of nitrogens with one attached hydrogen (secondary N) is 1. The lowest BCUT2D eigenvalue weighted by atomic mass is 10.2. The zero-order valence-corrected chi connectivity index (χ0v) is 9.79. The van der Waals surface area contributed by atoms with Gasteiger partial charge in [-0.1, -0.05) is 5.16 Å².